The number of carboxylic acids is 1. The summed E-state index contributed by atoms with van der Waals surface area (Å²) in [6.45, 7) is 0. The van der Waals surface area contributed by atoms with Gasteiger partial charge >= 0.3 is 12.0 Å². The van der Waals surface area contributed by atoms with Crippen molar-refractivity contribution in [1.29, 1.82) is 0 Å². The Bertz CT molecular complexity index is 493. The summed E-state index contributed by atoms with van der Waals surface area (Å²) < 4.78 is 0. The van der Waals surface area contributed by atoms with Gasteiger partial charge in [-0.3, -0.25) is 0 Å². The van der Waals surface area contributed by atoms with Crippen LogP contribution in [0.2, 0.25) is 0 Å². The van der Waals surface area contributed by atoms with Crippen molar-refractivity contribution in [3.05, 3.63) is 29.8 Å². The average Bonchev–Trinajstić information content (AvgIpc) is 2.29. The number of carbonyl (C=O) groups excluding carboxylic acids is 1. The second-order valence-electron chi connectivity index (χ2n) is 3.66. The van der Waals surface area contributed by atoms with E-state index in [4.69, 9.17) is 10.2 Å². The van der Waals surface area contributed by atoms with Gasteiger partial charge in [-0.05, 0) is 17.7 Å². The predicted molar refractivity (Wildman–Crippen MR) is 59.1 cm³/mol. The average molecular weight is 234 g/mol. The van der Waals surface area contributed by atoms with Gasteiger partial charge in [0.05, 0.1) is 6.04 Å². The number of aromatic hydroxyl groups is 1. The largest absolute Gasteiger partial charge is 0.508 e. The summed E-state index contributed by atoms with van der Waals surface area (Å²) >= 11 is 0. The van der Waals surface area contributed by atoms with Gasteiger partial charge in [0.1, 0.15) is 11.5 Å². The zero-order valence-electron chi connectivity index (χ0n) is 8.75. The molecule has 1 heterocycles. The van der Waals surface area contributed by atoms with E-state index in [1.54, 1.807) is 12.1 Å². The zero-order chi connectivity index (χ0) is 12.4. The van der Waals surface area contributed by atoms with Crippen molar-refractivity contribution in [3.63, 3.8) is 0 Å². The highest BCUT2D eigenvalue weighted by Gasteiger charge is 2.26. The fourth-order valence-electron chi connectivity index (χ4n) is 1.64. The van der Waals surface area contributed by atoms with Gasteiger partial charge in [-0.1, -0.05) is 12.1 Å². The van der Waals surface area contributed by atoms with Gasteiger partial charge in [0, 0.05) is 6.42 Å². The van der Waals surface area contributed by atoms with E-state index in [0.29, 0.717) is 0 Å². The molecule has 0 bridgehead atoms. The van der Waals surface area contributed by atoms with Gasteiger partial charge in [-0.15, -0.1) is 0 Å². The van der Waals surface area contributed by atoms with Gasteiger partial charge in [-0.2, -0.15) is 4.99 Å². The minimum Gasteiger partial charge on any atom is -0.508 e. The highest BCUT2D eigenvalue weighted by molar-refractivity contribution is 6.37. The Hall–Kier alpha value is -2.37. The molecule has 2 rings (SSSR count). The monoisotopic (exact) mass is 234 g/mol. The van der Waals surface area contributed by atoms with E-state index in [1.165, 1.54) is 12.1 Å². The number of benzene rings is 1. The zero-order valence-corrected chi connectivity index (χ0v) is 8.75. The standard InChI is InChI=1S/C11H10N2O4/c14-7-3-1-6(2-4-7)8-5-9(10(15)16)13-11(17)12-8/h1-4,8,14H,5H2,(H,12,17)(H,15,16). The quantitative estimate of drug-likeness (QED) is 0.712. The number of carboxylic acid groups (broad SMARTS) is 1. The molecular formula is C11H10N2O4. The number of carbonyl (C=O) groups is 2. The van der Waals surface area contributed by atoms with Crippen LogP contribution in [-0.4, -0.2) is 27.9 Å². The first kappa shape index (κ1) is 11.1. The van der Waals surface area contributed by atoms with Gasteiger partial charge in [0.2, 0.25) is 0 Å². The van der Waals surface area contributed by atoms with Gasteiger partial charge in [0.25, 0.3) is 0 Å². The summed E-state index contributed by atoms with van der Waals surface area (Å²) in [7, 11) is 0. The Labute approximate surface area is 96.6 Å². The first-order valence-electron chi connectivity index (χ1n) is 4.96. The van der Waals surface area contributed by atoms with Crippen LogP contribution >= 0.6 is 0 Å². The maximum Gasteiger partial charge on any atom is 0.350 e. The van der Waals surface area contributed by atoms with Crippen LogP contribution in [0.1, 0.15) is 18.0 Å². The maximum absolute atomic E-state index is 11.2. The Morgan fingerprint density at radius 2 is 2.00 bits per heavy atom. The Balaban J connectivity index is 2.24. The molecule has 2 amide bonds. The second kappa shape index (κ2) is 4.25. The molecule has 0 aliphatic carbocycles. The van der Waals surface area contributed by atoms with Crippen molar-refractivity contribution in [3.8, 4) is 5.75 Å². The van der Waals surface area contributed by atoms with Crippen LogP contribution in [0.3, 0.4) is 0 Å². The molecule has 0 saturated heterocycles. The molecule has 88 valence electrons. The SMILES string of the molecule is O=C1N=C(C(=O)O)CC(c2ccc(O)cc2)N1. The molecule has 1 aliphatic heterocycles. The molecular weight excluding hydrogens is 224 g/mol. The second-order valence-corrected chi connectivity index (χ2v) is 3.66. The fourth-order valence-corrected chi connectivity index (χ4v) is 1.64. The minimum absolute atomic E-state index is 0.114. The van der Waals surface area contributed by atoms with Crippen molar-refractivity contribution in [2.75, 3.05) is 0 Å². The molecule has 1 aliphatic rings. The van der Waals surface area contributed by atoms with E-state index in [2.05, 4.69) is 10.3 Å². The summed E-state index contributed by atoms with van der Waals surface area (Å²) in [5.74, 6) is -1.08. The van der Waals surface area contributed by atoms with Crippen LogP contribution in [0, 0.1) is 0 Å². The normalized spacial score (nSPS) is 19.4. The van der Waals surface area contributed by atoms with Crippen molar-refractivity contribution < 1.29 is 19.8 Å². The number of rotatable bonds is 2. The third kappa shape index (κ3) is 2.41. The molecule has 6 heteroatoms. The summed E-state index contributed by atoms with van der Waals surface area (Å²) in [5.41, 5.74) is 0.566. The van der Waals surface area contributed by atoms with Crippen molar-refractivity contribution in [2.24, 2.45) is 4.99 Å². The molecule has 17 heavy (non-hydrogen) atoms. The topological polar surface area (TPSA) is 99.0 Å². The summed E-state index contributed by atoms with van der Waals surface area (Å²) in [5, 5.41) is 20.5. The lowest BCUT2D eigenvalue weighted by Crippen LogP contribution is -2.35. The fraction of sp³-hybridized carbons (Fsp3) is 0.182. The molecule has 1 unspecified atom stereocenters. The number of hydrogen-bond acceptors (Lipinski definition) is 3. The molecule has 0 spiro atoms. The minimum atomic E-state index is -1.19. The van der Waals surface area contributed by atoms with Crippen LogP contribution in [0.15, 0.2) is 29.3 Å². The lowest BCUT2D eigenvalue weighted by Gasteiger charge is -2.21. The smallest absolute Gasteiger partial charge is 0.350 e. The maximum atomic E-state index is 11.2. The molecule has 1 aromatic rings. The van der Waals surface area contributed by atoms with Crippen molar-refractivity contribution >= 4 is 17.7 Å². The number of phenolic OH excluding ortho intramolecular Hbond substituents is 1. The Morgan fingerprint density at radius 3 is 2.59 bits per heavy atom. The number of phenols is 1. The van der Waals surface area contributed by atoms with E-state index in [-0.39, 0.29) is 17.9 Å². The van der Waals surface area contributed by atoms with Crippen LogP contribution in [0.4, 0.5) is 4.79 Å². The number of nitrogens with one attached hydrogen (secondary N) is 1. The number of aliphatic imine (C=N–C) groups is 1. The number of hydrogen-bond donors (Lipinski definition) is 3. The van der Waals surface area contributed by atoms with Crippen molar-refractivity contribution in [1.82, 2.24) is 5.32 Å². The number of aliphatic carboxylic acids is 1. The van der Waals surface area contributed by atoms with Gasteiger partial charge in [0.15, 0.2) is 0 Å². The molecule has 6 nitrogen and oxygen atoms in total. The Morgan fingerprint density at radius 1 is 1.35 bits per heavy atom. The first-order chi connectivity index (χ1) is 8.06. The van der Waals surface area contributed by atoms with E-state index >= 15 is 0 Å². The van der Waals surface area contributed by atoms with E-state index in [9.17, 15) is 9.59 Å². The van der Waals surface area contributed by atoms with Crippen LogP contribution in [-0.2, 0) is 4.79 Å². The predicted octanol–water partition coefficient (Wildman–Crippen LogP) is 1.07. The molecule has 1 atom stereocenters. The number of urea groups is 1. The summed E-state index contributed by atoms with van der Waals surface area (Å²) in [4.78, 5) is 25.4. The van der Waals surface area contributed by atoms with Gasteiger partial charge in [-0.25, -0.2) is 9.59 Å². The van der Waals surface area contributed by atoms with Crippen molar-refractivity contribution in [2.45, 2.75) is 12.5 Å². The van der Waals surface area contributed by atoms with Crippen LogP contribution in [0.5, 0.6) is 5.75 Å². The number of nitrogens with zero attached hydrogens (tertiary/aromatic N) is 1. The summed E-state index contributed by atoms with van der Waals surface area (Å²) in [6, 6.07) is 5.13. The number of amides is 2. The molecule has 3 N–H and O–H groups in total. The molecule has 0 radical (unpaired) electrons. The molecule has 0 aromatic heterocycles. The van der Waals surface area contributed by atoms with Crippen LogP contribution in [0.25, 0.3) is 0 Å². The summed E-state index contributed by atoms with van der Waals surface area (Å²) in [6.07, 6.45) is 0.131. The van der Waals surface area contributed by atoms with Crippen LogP contribution < -0.4 is 5.32 Å². The highest BCUT2D eigenvalue weighted by atomic mass is 16.4. The molecule has 1 aromatic carbocycles. The molecule has 0 fully saturated rings. The van der Waals surface area contributed by atoms with E-state index in [0.717, 1.165) is 5.56 Å². The van der Waals surface area contributed by atoms with E-state index < -0.39 is 18.0 Å². The highest BCUT2D eigenvalue weighted by Crippen LogP contribution is 2.22. The van der Waals surface area contributed by atoms with E-state index in [1.807, 2.05) is 0 Å². The first-order valence-corrected chi connectivity index (χ1v) is 4.96. The lowest BCUT2D eigenvalue weighted by molar-refractivity contribution is -0.129. The Kier molecular flexibility index (Phi) is 2.78. The van der Waals surface area contributed by atoms with Gasteiger partial charge < -0.3 is 15.5 Å². The third-order valence-corrected chi connectivity index (χ3v) is 2.47. The lowest BCUT2D eigenvalue weighted by atomic mass is 10.00. The third-order valence-electron chi connectivity index (χ3n) is 2.47. The molecule has 0 saturated carbocycles.